The van der Waals surface area contributed by atoms with Gasteiger partial charge in [0.25, 0.3) is 11.8 Å². The number of nitrogens with one attached hydrogen (secondary N) is 2. The van der Waals surface area contributed by atoms with Crippen molar-refractivity contribution >= 4 is 39.4 Å². The van der Waals surface area contributed by atoms with E-state index in [1.807, 2.05) is 31.2 Å². The third-order valence-corrected chi connectivity index (χ3v) is 4.83. The second-order valence-electron chi connectivity index (χ2n) is 7.70. The molecule has 0 aliphatic rings. The molecule has 0 spiro atoms. The Morgan fingerprint density at radius 2 is 1.69 bits per heavy atom. The average Bonchev–Trinajstić information content (AvgIpc) is 2.66. The van der Waals surface area contributed by atoms with Crippen LogP contribution in [0.3, 0.4) is 0 Å². The number of carbonyl (C=O) groups is 3. The fraction of sp³-hybridized carbons (Fsp3) is 0.318. The van der Waals surface area contributed by atoms with Crippen molar-refractivity contribution in [1.82, 2.24) is 5.32 Å². The zero-order chi connectivity index (χ0) is 21.6. The fourth-order valence-electron chi connectivity index (χ4n) is 2.48. The van der Waals surface area contributed by atoms with Gasteiger partial charge in [-0.05, 0) is 63.7 Å². The van der Waals surface area contributed by atoms with Gasteiger partial charge in [-0.25, -0.2) is 0 Å². The van der Waals surface area contributed by atoms with Crippen LogP contribution in [-0.2, 0) is 19.7 Å². The minimum absolute atomic E-state index is 0.00640. The first-order valence-electron chi connectivity index (χ1n) is 9.16. The van der Waals surface area contributed by atoms with Crippen molar-refractivity contribution in [3.05, 3.63) is 63.6 Å². The maximum atomic E-state index is 12.2. The molecule has 0 unspecified atom stereocenters. The minimum atomic E-state index is -0.692. The van der Waals surface area contributed by atoms with Crippen molar-refractivity contribution in [1.29, 1.82) is 0 Å². The molecule has 29 heavy (non-hydrogen) atoms. The van der Waals surface area contributed by atoms with Gasteiger partial charge in [-0.15, -0.1) is 0 Å². The second kappa shape index (κ2) is 9.69. The number of rotatable bonds is 6. The number of anilines is 1. The minimum Gasteiger partial charge on any atom is -0.454 e. The van der Waals surface area contributed by atoms with Crippen LogP contribution in [0.2, 0.25) is 0 Å². The zero-order valence-corrected chi connectivity index (χ0v) is 18.6. The first-order chi connectivity index (χ1) is 13.6. The van der Waals surface area contributed by atoms with Crippen LogP contribution in [0.15, 0.2) is 46.9 Å². The number of hydrogen-bond donors (Lipinski definition) is 2. The van der Waals surface area contributed by atoms with Crippen molar-refractivity contribution in [2.24, 2.45) is 0 Å². The molecule has 0 atom stereocenters. The van der Waals surface area contributed by atoms with Gasteiger partial charge in [0.15, 0.2) is 6.61 Å². The van der Waals surface area contributed by atoms with Crippen molar-refractivity contribution in [3.63, 3.8) is 0 Å². The molecule has 2 N–H and O–H groups in total. The Hall–Kier alpha value is -2.67. The first-order valence-corrected chi connectivity index (χ1v) is 9.96. The van der Waals surface area contributed by atoms with Gasteiger partial charge in [-0.3, -0.25) is 14.4 Å². The summed E-state index contributed by atoms with van der Waals surface area (Å²) >= 11 is 3.36. The van der Waals surface area contributed by atoms with E-state index in [9.17, 15) is 14.4 Å². The van der Waals surface area contributed by atoms with Gasteiger partial charge in [0.05, 0.1) is 5.69 Å². The lowest BCUT2D eigenvalue weighted by molar-refractivity contribution is -0.146. The van der Waals surface area contributed by atoms with Gasteiger partial charge < -0.3 is 15.4 Å². The van der Waals surface area contributed by atoms with Crippen LogP contribution in [0.25, 0.3) is 0 Å². The Labute approximate surface area is 179 Å². The third-order valence-electron chi connectivity index (χ3n) is 4.17. The third kappa shape index (κ3) is 7.02. The molecule has 6 nitrogen and oxygen atoms in total. The van der Waals surface area contributed by atoms with Crippen molar-refractivity contribution < 1.29 is 19.1 Å². The molecule has 0 saturated carbocycles. The Morgan fingerprint density at radius 3 is 2.28 bits per heavy atom. The molecule has 2 amide bonds. The predicted octanol–water partition coefficient (Wildman–Crippen LogP) is 3.97. The Balaban J connectivity index is 1.77. The number of aryl methyl sites for hydroxylation is 1. The largest absolute Gasteiger partial charge is 0.454 e. The van der Waals surface area contributed by atoms with E-state index >= 15 is 0 Å². The average molecular weight is 461 g/mol. The van der Waals surface area contributed by atoms with Gasteiger partial charge in [0.1, 0.15) is 6.54 Å². The van der Waals surface area contributed by atoms with Gasteiger partial charge in [0.2, 0.25) is 0 Å². The van der Waals surface area contributed by atoms with Crippen LogP contribution >= 0.6 is 15.9 Å². The summed E-state index contributed by atoms with van der Waals surface area (Å²) in [5, 5.41) is 5.14. The van der Waals surface area contributed by atoms with Gasteiger partial charge >= 0.3 is 5.97 Å². The van der Waals surface area contributed by atoms with E-state index in [0.29, 0.717) is 11.3 Å². The van der Waals surface area contributed by atoms with Crippen molar-refractivity contribution in [2.45, 2.75) is 33.1 Å². The summed E-state index contributed by atoms with van der Waals surface area (Å²) in [6.45, 7) is 7.45. The zero-order valence-electron chi connectivity index (χ0n) is 17.0. The number of carbonyl (C=O) groups excluding carboxylic acids is 3. The maximum absolute atomic E-state index is 12.2. The Morgan fingerprint density at radius 1 is 1.03 bits per heavy atom. The number of halogens is 1. The lowest BCUT2D eigenvalue weighted by atomic mass is 9.87. The van der Waals surface area contributed by atoms with E-state index < -0.39 is 18.5 Å². The summed E-state index contributed by atoms with van der Waals surface area (Å²) in [5.74, 6) is -1.54. The van der Waals surface area contributed by atoms with Gasteiger partial charge in [-0.1, -0.05) is 39.0 Å². The van der Waals surface area contributed by atoms with Crippen LogP contribution in [0, 0.1) is 6.92 Å². The van der Waals surface area contributed by atoms with E-state index in [1.54, 1.807) is 18.2 Å². The standard InChI is InChI=1S/C22H25BrN2O4/c1-14-5-10-18(17(23)11-14)25-19(26)13-29-20(27)12-24-21(28)15-6-8-16(9-7-15)22(2,3)4/h5-11H,12-13H2,1-4H3,(H,24,28)(H,25,26). The molecule has 7 heteroatoms. The highest BCUT2D eigenvalue weighted by Crippen LogP contribution is 2.23. The summed E-state index contributed by atoms with van der Waals surface area (Å²) < 4.78 is 5.65. The summed E-state index contributed by atoms with van der Waals surface area (Å²) in [7, 11) is 0. The highest BCUT2D eigenvalue weighted by molar-refractivity contribution is 9.10. The number of esters is 1. The number of amides is 2. The Kier molecular flexibility index (Phi) is 7.56. The topological polar surface area (TPSA) is 84.5 Å². The molecule has 2 aromatic carbocycles. The fourth-order valence-corrected chi connectivity index (χ4v) is 3.07. The molecule has 2 rings (SSSR count). The predicted molar refractivity (Wildman–Crippen MR) is 116 cm³/mol. The second-order valence-corrected chi connectivity index (χ2v) is 8.56. The molecule has 0 fully saturated rings. The summed E-state index contributed by atoms with van der Waals surface area (Å²) in [6, 6.07) is 12.7. The van der Waals surface area contributed by atoms with Crippen LogP contribution in [-0.4, -0.2) is 30.9 Å². The van der Waals surface area contributed by atoms with E-state index in [0.717, 1.165) is 15.6 Å². The lowest BCUT2D eigenvalue weighted by Gasteiger charge is -2.19. The van der Waals surface area contributed by atoms with Gasteiger partial charge in [-0.2, -0.15) is 0 Å². The van der Waals surface area contributed by atoms with Crippen LogP contribution in [0.1, 0.15) is 42.3 Å². The number of hydrogen-bond acceptors (Lipinski definition) is 4. The van der Waals surface area contributed by atoms with E-state index in [1.165, 1.54) is 0 Å². The monoisotopic (exact) mass is 460 g/mol. The quantitative estimate of drug-likeness (QED) is 0.638. The van der Waals surface area contributed by atoms with Crippen molar-refractivity contribution in [2.75, 3.05) is 18.5 Å². The summed E-state index contributed by atoms with van der Waals surface area (Å²) in [6.07, 6.45) is 0. The molecule has 0 aromatic heterocycles. The van der Waals surface area contributed by atoms with Crippen LogP contribution < -0.4 is 10.6 Å². The lowest BCUT2D eigenvalue weighted by Crippen LogP contribution is -2.32. The number of benzene rings is 2. The molecule has 0 aliphatic carbocycles. The first kappa shape index (κ1) is 22.6. The molecule has 0 bridgehead atoms. The highest BCUT2D eigenvalue weighted by Gasteiger charge is 2.15. The molecular formula is C22H25BrN2O4. The Bertz CT molecular complexity index is 902. The van der Waals surface area contributed by atoms with E-state index in [4.69, 9.17) is 4.74 Å². The molecule has 154 valence electrons. The summed E-state index contributed by atoms with van der Waals surface area (Å²) in [4.78, 5) is 35.9. The molecular weight excluding hydrogens is 436 g/mol. The van der Waals surface area contributed by atoms with Gasteiger partial charge in [0, 0.05) is 10.0 Å². The van der Waals surface area contributed by atoms with E-state index in [-0.39, 0.29) is 17.9 Å². The maximum Gasteiger partial charge on any atom is 0.325 e. The molecule has 2 aromatic rings. The van der Waals surface area contributed by atoms with Crippen LogP contribution in [0.5, 0.6) is 0 Å². The molecule has 0 aliphatic heterocycles. The molecule has 0 heterocycles. The van der Waals surface area contributed by atoms with E-state index in [2.05, 4.69) is 47.3 Å². The van der Waals surface area contributed by atoms with Crippen molar-refractivity contribution in [3.8, 4) is 0 Å². The normalized spacial score (nSPS) is 10.9. The molecule has 0 radical (unpaired) electrons. The smallest absolute Gasteiger partial charge is 0.325 e. The molecule has 0 saturated heterocycles. The highest BCUT2D eigenvalue weighted by atomic mass is 79.9. The SMILES string of the molecule is Cc1ccc(NC(=O)COC(=O)CNC(=O)c2ccc(C(C)(C)C)cc2)c(Br)c1. The summed E-state index contributed by atoms with van der Waals surface area (Å²) in [5.41, 5.74) is 3.19. The number of ether oxygens (including phenoxy) is 1. The van der Waals surface area contributed by atoms with Crippen LogP contribution in [0.4, 0.5) is 5.69 Å².